The van der Waals surface area contributed by atoms with Crippen LogP contribution in [0.3, 0.4) is 0 Å². The fourth-order valence-electron chi connectivity index (χ4n) is 2.12. The van der Waals surface area contributed by atoms with Crippen LogP contribution < -0.4 is 10.1 Å². The molecule has 0 unspecified atom stereocenters. The van der Waals surface area contributed by atoms with Gasteiger partial charge in [-0.2, -0.15) is 0 Å². The molecule has 1 aromatic carbocycles. The number of nitrogens with one attached hydrogen (secondary N) is 1. The molecule has 0 aromatic heterocycles. The van der Waals surface area contributed by atoms with E-state index >= 15 is 0 Å². The molecule has 0 amide bonds. The Bertz CT molecular complexity index is 440. The molecule has 1 aromatic rings. The smallest absolute Gasteiger partial charge is 0.123 e. The monoisotopic (exact) mass is 295 g/mol. The van der Waals surface area contributed by atoms with Crippen LogP contribution in [0.4, 0.5) is 0 Å². The van der Waals surface area contributed by atoms with Crippen LogP contribution in [0.1, 0.15) is 25.0 Å². The molecule has 17 heavy (non-hydrogen) atoms. The summed E-state index contributed by atoms with van der Waals surface area (Å²) in [6, 6.07) is 6.42. The highest BCUT2D eigenvalue weighted by Gasteiger charge is 2.29. The summed E-state index contributed by atoms with van der Waals surface area (Å²) < 4.78 is 6.83. The Morgan fingerprint density at radius 2 is 2.29 bits per heavy atom. The Balaban J connectivity index is 2.01. The molecule has 0 saturated heterocycles. The maximum atomic E-state index is 5.85. The maximum absolute atomic E-state index is 5.85. The van der Waals surface area contributed by atoms with E-state index < -0.39 is 0 Å². The number of halogens is 1. The molecule has 1 N–H and O–H groups in total. The van der Waals surface area contributed by atoms with E-state index in [-0.39, 0.29) is 5.60 Å². The van der Waals surface area contributed by atoms with Crippen LogP contribution in [-0.4, -0.2) is 12.1 Å². The van der Waals surface area contributed by atoms with E-state index in [1.54, 1.807) is 0 Å². The lowest BCUT2D eigenvalue weighted by atomic mass is 10.0. The summed E-state index contributed by atoms with van der Waals surface area (Å²) >= 11 is 3.34. The van der Waals surface area contributed by atoms with Crippen molar-refractivity contribution in [3.8, 4) is 5.75 Å². The minimum atomic E-state index is -0.0570. The first-order chi connectivity index (χ1) is 7.96. The zero-order chi connectivity index (χ0) is 12.5. The first kappa shape index (κ1) is 12.7. The van der Waals surface area contributed by atoms with E-state index in [9.17, 15) is 0 Å². The molecule has 0 atom stereocenters. The van der Waals surface area contributed by atoms with Crippen LogP contribution >= 0.6 is 15.9 Å². The first-order valence-electron chi connectivity index (χ1n) is 5.81. The van der Waals surface area contributed by atoms with Gasteiger partial charge in [-0.15, -0.1) is 0 Å². The van der Waals surface area contributed by atoms with Gasteiger partial charge in [0.2, 0.25) is 0 Å². The summed E-state index contributed by atoms with van der Waals surface area (Å²) in [5, 5.41) is 3.33. The van der Waals surface area contributed by atoms with E-state index in [0.29, 0.717) is 0 Å². The molecule has 2 nitrogen and oxygen atoms in total. The largest absolute Gasteiger partial charge is 0.487 e. The van der Waals surface area contributed by atoms with Crippen molar-refractivity contribution < 1.29 is 4.74 Å². The lowest BCUT2D eigenvalue weighted by Crippen LogP contribution is -2.24. The molecule has 0 spiro atoms. The van der Waals surface area contributed by atoms with Crippen molar-refractivity contribution in [3.05, 3.63) is 40.4 Å². The van der Waals surface area contributed by atoms with E-state index in [1.165, 1.54) is 11.1 Å². The van der Waals surface area contributed by atoms with E-state index in [1.807, 2.05) is 0 Å². The van der Waals surface area contributed by atoms with Gasteiger partial charge >= 0.3 is 0 Å². The van der Waals surface area contributed by atoms with Gasteiger partial charge in [0.1, 0.15) is 11.4 Å². The molecule has 1 heterocycles. The summed E-state index contributed by atoms with van der Waals surface area (Å²) in [5.74, 6) is 1.03. The molecule has 2 rings (SSSR count). The van der Waals surface area contributed by atoms with Gasteiger partial charge in [0.15, 0.2) is 0 Å². The number of benzene rings is 1. The SMILES string of the molecule is C=C(Br)CNCc1ccc2c(c1)CC(C)(C)O2. The minimum absolute atomic E-state index is 0.0570. The molecular weight excluding hydrogens is 278 g/mol. The number of hydrogen-bond acceptors (Lipinski definition) is 2. The second kappa shape index (κ2) is 4.83. The second-order valence-electron chi connectivity index (χ2n) is 5.10. The summed E-state index contributed by atoms with van der Waals surface area (Å²) in [5.41, 5.74) is 2.55. The average molecular weight is 296 g/mol. The van der Waals surface area contributed by atoms with Crippen molar-refractivity contribution in [1.82, 2.24) is 5.32 Å². The van der Waals surface area contributed by atoms with Crippen LogP contribution in [0, 0.1) is 0 Å². The van der Waals surface area contributed by atoms with Gasteiger partial charge in [-0.25, -0.2) is 0 Å². The number of ether oxygens (including phenoxy) is 1. The van der Waals surface area contributed by atoms with Crippen LogP contribution in [0.5, 0.6) is 5.75 Å². The Labute approximate surface area is 111 Å². The maximum Gasteiger partial charge on any atom is 0.123 e. The Morgan fingerprint density at radius 3 is 3.00 bits per heavy atom. The van der Waals surface area contributed by atoms with Gasteiger partial charge < -0.3 is 10.1 Å². The van der Waals surface area contributed by atoms with Crippen molar-refractivity contribution >= 4 is 15.9 Å². The molecule has 1 aliphatic rings. The van der Waals surface area contributed by atoms with Gasteiger partial charge in [0.25, 0.3) is 0 Å². The van der Waals surface area contributed by atoms with Crippen LogP contribution in [0.25, 0.3) is 0 Å². The molecule has 92 valence electrons. The van der Waals surface area contributed by atoms with Crippen LogP contribution in [-0.2, 0) is 13.0 Å². The highest BCUT2D eigenvalue weighted by molar-refractivity contribution is 9.11. The molecule has 0 fully saturated rings. The minimum Gasteiger partial charge on any atom is -0.487 e. The molecular formula is C14H18BrNO. The fraction of sp³-hybridized carbons (Fsp3) is 0.429. The van der Waals surface area contributed by atoms with Crippen molar-refractivity contribution in [2.45, 2.75) is 32.4 Å². The zero-order valence-corrected chi connectivity index (χ0v) is 11.9. The summed E-state index contributed by atoms with van der Waals surface area (Å²) in [6.45, 7) is 9.70. The van der Waals surface area contributed by atoms with Crippen molar-refractivity contribution in [2.24, 2.45) is 0 Å². The van der Waals surface area contributed by atoms with E-state index in [0.717, 1.165) is 29.7 Å². The zero-order valence-electron chi connectivity index (χ0n) is 10.3. The molecule has 0 saturated carbocycles. The predicted octanol–water partition coefficient (Wildman–Crippen LogP) is 3.40. The molecule has 0 radical (unpaired) electrons. The topological polar surface area (TPSA) is 21.3 Å². The Kier molecular flexibility index (Phi) is 3.59. The third-order valence-corrected chi connectivity index (χ3v) is 3.05. The van der Waals surface area contributed by atoms with Gasteiger partial charge in [-0.1, -0.05) is 34.6 Å². The standard InChI is InChI=1S/C14H18BrNO/c1-10(15)8-16-9-11-4-5-13-12(6-11)7-14(2,3)17-13/h4-6,16H,1,7-9H2,2-3H3. The van der Waals surface area contributed by atoms with E-state index in [4.69, 9.17) is 4.74 Å². The average Bonchev–Trinajstić information content (AvgIpc) is 2.50. The Morgan fingerprint density at radius 1 is 1.53 bits per heavy atom. The quantitative estimate of drug-likeness (QED) is 0.919. The second-order valence-corrected chi connectivity index (χ2v) is 6.22. The van der Waals surface area contributed by atoms with E-state index in [2.05, 4.69) is 59.9 Å². The third kappa shape index (κ3) is 3.33. The van der Waals surface area contributed by atoms with Crippen molar-refractivity contribution in [3.63, 3.8) is 0 Å². The third-order valence-electron chi connectivity index (χ3n) is 2.77. The summed E-state index contributed by atoms with van der Waals surface area (Å²) in [6.07, 6.45) is 0.987. The van der Waals surface area contributed by atoms with Crippen LogP contribution in [0.2, 0.25) is 0 Å². The number of fused-ring (bicyclic) bond motifs is 1. The lowest BCUT2D eigenvalue weighted by Gasteiger charge is -2.16. The molecule has 1 aliphatic heterocycles. The lowest BCUT2D eigenvalue weighted by molar-refractivity contribution is 0.138. The predicted molar refractivity (Wildman–Crippen MR) is 74.6 cm³/mol. The van der Waals surface area contributed by atoms with Gasteiger partial charge in [-0.05, 0) is 31.0 Å². The summed E-state index contributed by atoms with van der Waals surface area (Å²) in [4.78, 5) is 0. The first-order valence-corrected chi connectivity index (χ1v) is 6.60. The molecule has 3 heteroatoms. The van der Waals surface area contributed by atoms with Gasteiger partial charge in [0.05, 0.1) is 0 Å². The fourth-order valence-corrected chi connectivity index (χ4v) is 2.31. The van der Waals surface area contributed by atoms with Gasteiger partial charge in [-0.3, -0.25) is 0 Å². The highest BCUT2D eigenvalue weighted by Crippen LogP contribution is 2.35. The number of hydrogen-bond donors (Lipinski definition) is 1. The number of rotatable bonds is 4. The highest BCUT2D eigenvalue weighted by atomic mass is 79.9. The van der Waals surface area contributed by atoms with Crippen molar-refractivity contribution in [1.29, 1.82) is 0 Å². The molecule has 0 bridgehead atoms. The van der Waals surface area contributed by atoms with Gasteiger partial charge in [0, 0.05) is 24.0 Å². The Hall–Kier alpha value is -0.800. The summed E-state index contributed by atoms with van der Waals surface area (Å²) in [7, 11) is 0. The molecule has 0 aliphatic carbocycles. The van der Waals surface area contributed by atoms with Crippen molar-refractivity contribution in [2.75, 3.05) is 6.54 Å². The normalized spacial score (nSPS) is 16.4. The van der Waals surface area contributed by atoms with Crippen LogP contribution in [0.15, 0.2) is 29.3 Å².